The molecule has 2 heterocycles. The fourth-order valence-corrected chi connectivity index (χ4v) is 5.43. The Labute approximate surface area is 236 Å². The van der Waals surface area contributed by atoms with E-state index in [9.17, 15) is 0 Å². The monoisotopic (exact) mass is 525 g/mol. The topological polar surface area (TPSA) is 51.8 Å². The Balaban J connectivity index is 1.33. The van der Waals surface area contributed by atoms with Crippen LogP contribution in [0.3, 0.4) is 0 Å². The second kappa shape index (κ2) is 9.54. The molecule has 192 valence electrons. The lowest BCUT2D eigenvalue weighted by Gasteiger charge is -2.10. The van der Waals surface area contributed by atoms with Crippen LogP contribution in [0.2, 0.25) is 0 Å². The van der Waals surface area contributed by atoms with Crippen LogP contribution in [0, 0.1) is 0 Å². The smallest absolute Gasteiger partial charge is 0.164 e. The van der Waals surface area contributed by atoms with Crippen molar-refractivity contribution >= 4 is 32.7 Å². The van der Waals surface area contributed by atoms with Gasteiger partial charge in [0.1, 0.15) is 11.2 Å². The molecule has 0 aliphatic heterocycles. The molecule has 0 bridgehead atoms. The van der Waals surface area contributed by atoms with Crippen LogP contribution in [-0.4, -0.2) is 15.0 Å². The predicted octanol–water partition coefficient (Wildman–Crippen LogP) is 9.59. The second-order valence-electron chi connectivity index (χ2n) is 10.1. The van der Waals surface area contributed by atoms with E-state index in [0.717, 1.165) is 55.1 Å². The van der Waals surface area contributed by atoms with E-state index in [-0.39, 0.29) is 0 Å². The van der Waals surface area contributed by atoms with Crippen LogP contribution in [0.1, 0.15) is 0 Å². The first-order valence-corrected chi connectivity index (χ1v) is 13.6. The number of hydrogen-bond acceptors (Lipinski definition) is 4. The predicted molar refractivity (Wildman–Crippen MR) is 166 cm³/mol. The molecule has 0 N–H and O–H groups in total. The molecule has 6 aromatic carbocycles. The molecule has 0 saturated carbocycles. The summed E-state index contributed by atoms with van der Waals surface area (Å²) >= 11 is 0. The molecule has 41 heavy (non-hydrogen) atoms. The number of hydrogen-bond donors (Lipinski definition) is 0. The fourth-order valence-electron chi connectivity index (χ4n) is 5.43. The van der Waals surface area contributed by atoms with Crippen molar-refractivity contribution in [3.05, 3.63) is 140 Å². The lowest BCUT2D eigenvalue weighted by Crippen LogP contribution is -2.00. The van der Waals surface area contributed by atoms with Crippen molar-refractivity contribution in [2.75, 3.05) is 0 Å². The van der Waals surface area contributed by atoms with E-state index >= 15 is 0 Å². The van der Waals surface area contributed by atoms with Gasteiger partial charge in [0.25, 0.3) is 0 Å². The quantitative estimate of drug-likeness (QED) is 0.230. The SMILES string of the molecule is c1ccc(-c2cccc(-c3nc(-c4ccc5ccccc5c4)nc(-c4ccc5oc6ccccc6c5c4)n3)c2)cc1. The van der Waals surface area contributed by atoms with Gasteiger partial charge in [-0.3, -0.25) is 0 Å². The third kappa shape index (κ3) is 4.23. The zero-order valence-electron chi connectivity index (χ0n) is 22.0. The highest BCUT2D eigenvalue weighted by atomic mass is 16.3. The highest BCUT2D eigenvalue weighted by Gasteiger charge is 2.15. The third-order valence-electron chi connectivity index (χ3n) is 7.51. The minimum absolute atomic E-state index is 0.621. The molecule has 0 spiro atoms. The second-order valence-corrected chi connectivity index (χ2v) is 10.1. The minimum Gasteiger partial charge on any atom is -0.456 e. The number of furan rings is 1. The van der Waals surface area contributed by atoms with Crippen molar-refractivity contribution in [1.82, 2.24) is 15.0 Å². The Kier molecular flexibility index (Phi) is 5.42. The van der Waals surface area contributed by atoms with Gasteiger partial charge < -0.3 is 4.42 Å². The Morgan fingerprint density at radius 2 is 0.927 bits per heavy atom. The summed E-state index contributed by atoms with van der Waals surface area (Å²) in [6.07, 6.45) is 0. The molecule has 0 radical (unpaired) electrons. The zero-order valence-corrected chi connectivity index (χ0v) is 22.0. The van der Waals surface area contributed by atoms with Gasteiger partial charge in [-0.25, -0.2) is 15.0 Å². The van der Waals surface area contributed by atoms with Crippen molar-refractivity contribution in [2.45, 2.75) is 0 Å². The molecule has 0 amide bonds. The molecule has 8 aromatic rings. The van der Waals surface area contributed by atoms with Gasteiger partial charge in [0.15, 0.2) is 17.5 Å². The third-order valence-corrected chi connectivity index (χ3v) is 7.51. The Hall–Kier alpha value is -5.61. The molecule has 2 aromatic heterocycles. The van der Waals surface area contributed by atoms with Gasteiger partial charge in [0.2, 0.25) is 0 Å². The number of rotatable bonds is 4. The molecular formula is C37H23N3O. The van der Waals surface area contributed by atoms with Gasteiger partial charge >= 0.3 is 0 Å². The maximum Gasteiger partial charge on any atom is 0.164 e. The van der Waals surface area contributed by atoms with E-state index in [1.807, 2.05) is 36.4 Å². The molecule has 0 aliphatic carbocycles. The molecule has 0 fully saturated rings. The minimum atomic E-state index is 0.621. The van der Waals surface area contributed by atoms with Crippen molar-refractivity contribution < 1.29 is 4.42 Å². The highest BCUT2D eigenvalue weighted by Crippen LogP contribution is 2.33. The summed E-state index contributed by atoms with van der Waals surface area (Å²) in [6.45, 7) is 0. The van der Waals surface area contributed by atoms with Gasteiger partial charge in [-0.05, 0) is 58.3 Å². The van der Waals surface area contributed by atoms with Crippen LogP contribution in [0.25, 0.3) is 78.0 Å². The van der Waals surface area contributed by atoms with Crippen LogP contribution in [0.4, 0.5) is 0 Å². The number of benzene rings is 6. The van der Waals surface area contributed by atoms with Crippen LogP contribution < -0.4 is 0 Å². The van der Waals surface area contributed by atoms with E-state index in [0.29, 0.717) is 17.5 Å². The number of aromatic nitrogens is 3. The summed E-state index contributed by atoms with van der Waals surface area (Å²) in [5.41, 5.74) is 6.77. The molecule has 4 nitrogen and oxygen atoms in total. The maximum absolute atomic E-state index is 6.07. The van der Waals surface area contributed by atoms with Crippen molar-refractivity contribution in [1.29, 1.82) is 0 Å². The average molecular weight is 526 g/mol. The summed E-state index contributed by atoms with van der Waals surface area (Å²) in [4.78, 5) is 15.0. The Bertz CT molecular complexity index is 2220. The van der Waals surface area contributed by atoms with Gasteiger partial charge in [-0.1, -0.05) is 103 Å². The first-order chi connectivity index (χ1) is 20.3. The van der Waals surface area contributed by atoms with Gasteiger partial charge in [0, 0.05) is 27.5 Å². The molecule has 4 heteroatoms. The van der Waals surface area contributed by atoms with E-state index in [1.165, 1.54) is 5.39 Å². The highest BCUT2D eigenvalue weighted by molar-refractivity contribution is 6.06. The first-order valence-electron chi connectivity index (χ1n) is 13.6. The summed E-state index contributed by atoms with van der Waals surface area (Å²) in [6, 6.07) is 47.6. The molecule has 0 atom stereocenters. The molecule has 0 unspecified atom stereocenters. The van der Waals surface area contributed by atoms with E-state index in [2.05, 4.69) is 103 Å². The van der Waals surface area contributed by atoms with E-state index in [1.54, 1.807) is 0 Å². The van der Waals surface area contributed by atoms with Gasteiger partial charge in [-0.2, -0.15) is 0 Å². The Morgan fingerprint density at radius 3 is 1.76 bits per heavy atom. The summed E-state index contributed by atoms with van der Waals surface area (Å²) in [7, 11) is 0. The first kappa shape index (κ1) is 23.3. The zero-order chi connectivity index (χ0) is 27.2. The maximum atomic E-state index is 6.07. The van der Waals surface area contributed by atoms with Gasteiger partial charge in [0.05, 0.1) is 0 Å². The lowest BCUT2D eigenvalue weighted by molar-refractivity contribution is 0.669. The largest absolute Gasteiger partial charge is 0.456 e. The lowest BCUT2D eigenvalue weighted by atomic mass is 10.0. The standard InChI is InChI=1S/C37H23N3O/c1-2-9-24(10-3-1)27-13-8-14-28(21-27)35-38-36(29-18-17-25-11-4-5-12-26(25)22-29)40-37(39-35)30-19-20-34-32(23-30)31-15-6-7-16-33(31)41-34/h1-23H. The van der Waals surface area contributed by atoms with Crippen LogP contribution in [0.5, 0.6) is 0 Å². The summed E-state index contributed by atoms with van der Waals surface area (Å²) < 4.78 is 6.07. The molecule has 0 saturated heterocycles. The molecule has 8 rings (SSSR count). The summed E-state index contributed by atoms with van der Waals surface area (Å²) in [5, 5.41) is 4.44. The molecular weight excluding hydrogens is 502 g/mol. The Morgan fingerprint density at radius 1 is 0.341 bits per heavy atom. The fraction of sp³-hybridized carbons (Fsp3) is 0. The summed E-state index contributed by atoms with van der Waals surface area (Å²) in [5.74, 6) is 1.89. The van der Waals surface area contributed by atoms with E-state index in [4.69, 9.17) is 19.4 Å². The average Bonchev–Trinajstić information content (AvgIpc) is 3.43. The van der Waals surface area contributed by atoms with Crippen LogP contribution in [0.15, 0.2) is 144 Å². The van der Waals surface area contributed by atoms with Crippen molar-refractivity contribution in [3.63, 3.8) is 0 Å². The van der Waals surface area contributed by atoms with Crippen LogP contribution >= 0.6 is 0 Å². The number of fused-ring (bicyclic) bond motifs is 4. The van der Waals surface area contributed by atoms with E-state index < -0.39 is 0 Å². The molecule has 0 aliphatic rings. The van der Waals surface area contributed by atoms with Crippen LogP contribution in [-0.2, 0) is 0 Å². The normalized spacial score (nSPS) is 11.4. The van der Waals surface area contributed by atoms with Crippen molar-refractivity contribution in [3.8, 4) is 45.3 Å². The number of para-hydroxylation sites is 1. The van der Waals surface area contributed by atoms with Gasteiger partial charge in [-0.15, -0.1) is 0 Å². The van der Waals surface area contributed by atoms with Crippen molar-refractivity contribution in [2.24, 2.45) is 0 Å². The number of nitrogens with zero attached hydrogens (tertiary/aromatic N) is 3.